The molecule has 1 aromatic carbocycles. The molecule has 0 aliphatic carbocycles. The summed E-state index contributed by atoms with van der Waals surface area (Å²) in [4.78, 5) is 4.71. The van der Waals surface area contributed by atoms with Gasteiger partial charge in [0.15, 0.2) is 0 Å². The highest BCUT2D eigenvalue weighted by Gasteiger charge is 2.30. The summed E-state index contributed by atoms with van der Waals surface area (Å²) in [6.07, 6.45) is 2.36. The van der Waals surface area contributed by atoms with Crippen molar-refractivity contribution in [3.63, 3.8) is 0 Å². The van der Waals surface area contributed by atoms with Gasteiger partial charge in [-0.2, -0.15) is 0 Å². The van der Waals surface area contributed by atoms with Gasteiger partial charge in [-0.1, -0.05) is 50.2 Å². The number of aromatic nitrogens is 1. The van der Waals surface area contributed by atoms with Crippen LogP contribution in [0.2, 0.25) is 0 Å². The van der Waals surface area contributed by atoms with E-state index < -0.39 is 5.41 Å². The lowest BCUT2D eigenvalue weighted by Crippen LogP contribution is -2.28. The number of rotatable bonds is 6. The fourth-order valence-corrected chi connectivity index (χ4v) is 2.55. The lowest BCUT2D eigenvalue weighted by molar-refractivity contribution is 0.278. The van der Waals surface area contributed by atoms with E-state index in [2.05, 4.69) is 12.1 Å². The van der Waals surface area contributed by atoms with E-state index in [0.29, 0.717) is 0 Å². The van der Waals surface area contributed by atoms with E-state index in [1.54, 1.807) is 0 Å². The van der Waals surface area contributed by atoms with E-state index in [9.17, 15) is 4.39 Å². The van der Waals surface area contributed by atoms with E-state index in [1.165, 1.54) is 5.56 Å². The van der Waals surface area contributed by atoms with Crippen LogP contribution in [-0.2, 0) is 11.8 Å². The van der Waals surface area contributed by atoms with Gasteiger partial charge in [-0.05, 0) is 30.5 Å². The average Bonchev–Trinajstić information content (AvgIpc) is 2.51. The summed E-state index contributed by atoms with van der Waals surface area (Å²) in [7, 11) is 0. The molecule has 1 aromatic heterocycles. The van der Waals surface area contributed by atoms with Gasteiger partial charge in [-0.3, -0.25) is 9.37 Å². The molecule has 0 aliphatic heterocycles. The maximum absolute atomic E-state index is 13.5. The third kappa shape index (κ3) is 3.06. The first-order valence-electron chi connectivity index (χ1n) is 7.30. The fraction of sp³-hybridized carbons (Fsp3) is 0.389. The van der Waals surface area contributed by atoms with Crippen LogP contribution in [0, 0.1) is 0 Å². The molecule has 0 bridgehead atoms. The SMILES string of the molecule is CCC(CC)(CF)c1cccc(Cc2ccccc2)n1. The largest absolute Gasteiger partial charge is 0.257 e. The molecule has 0 spiro atoms. The Bertz CT molecular complexity index is 524. The summed E-state index contributed by atoms with van der Waals surface area (Å²) in [5, 5.41) is 0. The van der Waals surface area contributed by atoms with Crippen LogP contribution in [0.3, 0.4) is 0 Å². The molecule has 0 atom stereocenters. The quantitative estimate of drug-likeness (QED) is 0.742. The zero-order valence-electron chi connectivity index (χ0n) is 12.3. The maximum Gasteiger partial charge on any atom is 0.101 e. The van der Waals surface area contributed by atoms with Crippen LogP contribution in [0.4, 0.5) is 4.39 Å². The average molecular weight is 271 g/mol. The van der Waals surface area contributed by atoms with Crippen LogP contribution < -0.4 is 0 Å². The van der Waals surface area contributed by atoms with Crippen LogP contribution in [0.1, 0.15) is 43.6 Å². The summed E-state index contributed by atoms with van der Waals surface area (Å²) >= 11 is 0. The molecule has 0 amide bonds. The van der Waals surface area contributed by atoms with Gasteiger partial charge in [0.25, 0.3) is 0 Å². The third-order valence-corrected chi connectivity index (χ3v) is 4.19. The monoisotopic (exact) mass is 271 g/mol. The van der Waals surface area contributed by atoms with Crippen LogP contribution in [-0.4, -0.2) is 11.7 Å². The summed E-state index contributed by atoms with van der Waals surface area (Å²) in [6.45, 7) is 3.73. The molecule has 1 heterocycles. The molecule has 0 saturated carbocycles. The molecule has 2 aromatic rings. The Morgan fingerprint density at radius 3 is 2.25 bits per heavy atom. The van der Waals surface area contributed by atoms with Crippen molar-refractivity contribution in [3.8, 4) is 0 Å². The molecular weight excluding hydrogens is 249 g/mol. The first kappa shape index (κ1) is 14.7. The second-order valence-corrected chi connectivity index (χ2v) is 5.30. The molecule has 106 valence electrons. The van der Waals surface area contributed by atoms with Crippen molar-refractivity contribution in [3.05, 3.63) is 65.5 Å². The Morgan fingerprint density at radius 1 is 0.950 bits per heavy atom. The minimum atomic E-state index is -0.424. The third-order valence-electron chi connectivity index (χ3n) is 4.19. The van der Waals surface area contributed by atoms with Crippen LogP contribution in [0.25, 0.3) is 0 Å². The molecule has 2 heteroatoms. The van der Waals surface area contributed by atoms with Crippen LogP contribution >= 0.6 is 0 Å². The second kappa shape index (κ2) is 6.65. The van der Waals surface area contributed by atoms with Gasteiger partial charge in [-0.25, -0.2) is 0 Å². The molecule has 0 unspecified atom stereocenters. The first-order valence-corrected chi connectivity index (χ1v) is 7.30. The van der Waals surface area contributed by atoms with E-state index in [1.807, 2.05) is 50.2 Å². The number of hydrogen-bond acceptors (Lipinski definition) is 1. The first-order chi connectivity index (χ1) is 9.74. The number of benzene rings is 1. The van der Waals surface area contributed by atoms with Gasteiger partial charge in [0.2, 0.25) is 0 Å². The van der Waals surface area contributed by atoms with Crippen molar-refractivity contribution in [2.45, 2.75) is 38.5 Å². The number of hydrogen-bond donors (Lipinski definition) is 0. The van der Waals surface area contributed by atoms with E-state index >= 15 is 0 Å². The van der Waals surface area contributed by atoms with Gasteiger partial charge in [0.05, 0.1) is 0 Å². The van der Waals surface area contributed by atoms with Crippen molar-refractivity contribution >= 4 is 0 Å². The Kier molecular flexibility index (Phi) is 4.89. The Balaban J connectivity index is 2.28. The van der Waals surface area contributed by atoms with Gasteiger partial charge < -0.3 is 0 Å². The lowest BCUT2D eigenvalue weighted by atomic mass is 9.80. The number of pyridine rings is 1. The Labute approximate surface area is 120 Å². The Hall–Kier alpha value is -1.70. The molecule has 0 fully saturated rings. The molecule has 1 nitrogen and oxygen atoms in total. The topological polar surface area (TPSA) is 12.9 Å². The summed E-state index contributed by atoms with van der Waals surface area (Å²) in [5.74, 6) is 0. The smallest absolute Gasteiger partial charge is 0.101 e. The highest BCUT2D eigenvalue weighted by atomic mass is 19.1. The van der Waals surface area contributed by atoms with Crippen molar-refractivity contribution in [1.82, 2.24) is 4.98 Å². The highest BCUT2D eigenvalue weighted by molar-refractivity contribution is 5.25. The Morgan fingerprint density at radius 2 is 1.65 bits per heavy atom. The van der Waals surface area contributed by atoms with Crippen molar-refractivity contribution in [2.24, 2.45) is 0 Å². The molecule has 20 heavy (non-hydrogen) atoms. The second-order valence-electron chi connectivity index (χ2n) is 5.30. The summed E-state index contributed by atoms with van der Waals surface area (Å²) < 4.78 is 13.5. The lowest BCUT2D eigenvalue weighted by Gasteiger charge is -2.28. The summed E-state index contributed by atoms with van der Waals surface area (Å²) in [6, 6.07) is 16.2. The van der Waals surface area contributed by atoms with Gasteiger partial charge >= 0.3 is 0 Å². The summed E-state index contributed by atoms with van der Waals surface area (Å²) in [5.41, 5.74) is 2.70. The molecule has 0 saturated heterocycles. The molecule has 0 aliphatic rings. The maximum atomic E-state index is 13.5. The van der Waals surface area contributed by atoms with E-state index in [4.69, 9.17) is 4.98 Å². The van der Waals surface area contributed by atoms with Gasteiger partial charge in [-0.15, -0.1) is 0 Å². The minimum Gasteiger partial charge on any atom is -0.257 e. The van der Waals surface area contributed by atoms with Gasteiger partial charge in [0, 0.05) is 23.2 Å². The molecule has 2 rings (SSSR count). The fourth-order valence-electron chi connectivity index (χ4n) is 2.55. The van der Waals surface area contributed by atoms with Crippen molar-refractivity contribution in [2.75, 3.05) is 6.67 Å². The van der Waals surface area contributed by atoms with Crippen LogP contribution in [0.5, 0.6) is 0 Å². The predicted octanol–water partition coefficient (Wildman–Crippen LogP) is 4.70. The molecular formula is C18H22FN. The van der Waals surface area contributed by atoms with Crippen LogP contribution in [0.15, 0.2) is 48.5 Å². The van der Waals surface area contributed by atoms with E-state index in [0.717, 1.165) is 30.7 Å². The normalized spacial score (nSPS) is 11.6. The number of halogens is 1. The highest BCUT2D eigenvalue weighted by Crippen LogP contribution is 2.31. The zero-order chi connectivity index (χ0) is 14.4. The number of nitrogens with zero attached hydrogens (tertiary/aromatic N) is 1. The predicted molar refractivity (Wildman–Crippen MR) is 81.7 cm³/mol. The van der Waals surface area contributed by atoms with Gasteiger partial charge in [0.1, 0.15) is 6.67 Å². The zero-order valence-corrected chi connectivity index (χ0v) is 12.3. The molecule has 0 radical (unpaired) electrons. The minimum absolute atomic E-state index is 0.345. The van der Waals surface area contributed by atoms with Crippen molar-refractivity contribution in [1.29, 1.82) is 0 Å². The van der Waals surface area contributed by atoms with Crippen molar-refractivity contribution < 1.29 is 4.39 Å². The molecule has 0 N–H and O–H groups in total. The standard InChI is InChI=1S/C18H22FN/c1-3-18(4-2,14-19)17-12-8-11-16(20-17)13-15-9-6-5-7-10-15/h5-12H,3-4,13-14H2,1-2H3. The van der Waals surface area contributed by atoms with E-state index in [-0.39, 0.29) is 6.67 Å². The number of alkyl halides is 1.